The first-order chi connectivity index (χ1) is 13.3. The van der Waals surface area contributed by atoms with Gasteiger partial charge in [0.25, 0.3) is 0 Å². The van der Waals surface area contributed by atoms with Gasteiger partial charge < -0.3 is 14.6 Å². The van der Waals surface area contributed by atoms with E-state index in [-0.39, 0.29) is 11.9 Å². The van der Waals surface area contributed by atoms with Gasteiger partial charge in [-0.1, -0.05) is 0 Å². The van der Waals surface area contributed by atoms with E-state index in [0.717, 1.165) is 41.1 Å². The maximum absolute atomic E-state index is 12.9. The molecule has 1 saturated heterocycles. The van der Waals surface area contributed by atoms with Gasteiger partial charge in [0.15, 0.2) is 10.9 Å². The fourth-order valence-electron chi connectivity index (χ4n) is 3.36. The normalized spacial score (nSPS) is 16.9. The van der Waals surface area contributed by atoms with Crippen molar-refractivity contribution in [2.75, 3.05) is 16.8 Å². The van der Waals surface area contributed by atoms with Crippen LogP contribution in [-0.2, 0) is 4.79 Å². The van der Waals surface area contributed by atoms with Crippen LogP contribution in [0.1, 0.15) is 12.8 Å². The number of amides is 1. The van der Waals surface area contributed by atoms with Gasteiger partial charge in [0.05, 0.1) is 11.6 Å². The quantitative estimate of drug-likeness (QED) is 0.560. The maximum atomic E-state index is 12.9. The van der Waals surface area contributed by atoms with Crippen LogP contribution in [0.2, 0.25) is 0 Å². The molecule has 1 unspecified atom stereocenters. The molecule has 7 nitrogen and oxygen atoms in total. The number of anilines is 2. The summed E-state index contributed by atoms with van der Waals surface area (Å²) in [6.07, 6.45) is 4.91. The molecule has 9 heteroatoms. The molecule has 4 aromatic heterocycles. The Hall–Kier alpha value is -2.78. The molecule has 1 amide bonds. The second kappa shape index (κ2) is 6.75. The Labute approximate surface area is 162 Å². The van der Waals surface area contributed by atoms with Crippen molar-refractivity contribution in [1.82, 2.24) is 15.0 Å². The number of nitrogens with one attached hydrogen (secondary N) is 1. The van der Waals surface area contributed by atoms with Crippen molar-refractivity contribution in [2.24, 2.45) is 0 Å². The van der Waals surface area contributed by atoms with Crippen molar-refractivity contribution < 1.29 is 9.21 Å². The summed E-state index contributed by atoms with van der Waals surface area (Å²) in [4.78, 5) is 29.1. The third kappa shape index (κ3) is 2.98. The van der Waals surface area contributed by atoms with E-state index in [4.69, 9.17) is 4.42 Å². The SMILES string of the molecule is O=C(Nc1nc(-c2ccco2)cs1)C1CCCN1c1ncnc2sccc12. The zero-order chi connectivity index (χ0) is 18.2. The zero-order valence-electron chi connectivity index (χ0n) is 14.2. The van der Waals surface area contributed by atoms with E-state index in [1.807, 2.05) is 29.0 Å². The highest BCUT2D eigenvalue weighted by Gasteiger charge is 2.33. The van der Waals surface area contributed by atoms with Crippen LogP contribution < -0.4 is 10.2 Å². The number of thiophene rings is 1. The third-order valence-corrected chi connectivity index (χ3v) is 6.15. The number of furan rings is 1. The van der Waals surface area contributed by atoms with E-state index in [9.17, 15) is 4.79 Å². The van der Waals surface area contributed by atoms with Crippen LogP contribution in [0, 0.1) is 0 Å². The van der Waals surface area contributed by atoms with Crippen LogP contribution in [0.15, 0.2) is 46.0 Å². The minimum absolute atomic E-state index is 0.0603. The van der Waals surface area contributed by atoms with Crippen molar-refractivity contribution >= 4 is 49.7 Å². The van der Waals surface area contributed by atoms with Gasteiger partial charge in [0.2, 0.25) is 5.91 Å². The lowest BCUT2D eigenvalue weighted by Gasteiger charge is -2.24. The molecule has 1 aliphatic heterocycles. The van der Waals surface area contributed by atoms with E-state index in [1.54, 1.807) is 23.9 Å². The largest absolute Gasteiger partial charge is 0.463 e. The highest BCUT2D eigenvalue weighted by atomic mass is 32.1. The van der Waals surface area contributed by atoms with Gasteiger partial charge in [0, 0.05) is 11.9 Å². The van der Waals surface area contributed by atoms with Gasteiger partial charge >= 0.3 is 0 Å². The lowest BCUT2D eigenvalue weighted by atomic mass is 10.2. The molecule has 4 aromatic rings. The molecule has 0 aromatic carbocycles. The summed E-state index contributed by atoms with van der Waals surface area (Å²) >= 11 is 2.97. The topological polar surface area (TPSA) is 84.2 Å². The fourth-order valence-corrected chi connectivity index (χ4v) is 4.79. The van der Waals surface area contributed by atoms with Crippen LogP contribution in [0.3, 0.4) is 0 Å². The molecule has 0 radical (unpaired) electrons. The fraction of sp³-hybridized carbons (Fsp3) is 0.222. The Balaban J connectivity index is 1.37. The van der Waals surface area contributed by atoms with Crippen molar-refractivity contribution in [3.8, 4) is 11.5 Å². The van der Waals surface area contributed by atoms with E-state index >= 15 is 0 Å². The van der Waals surface area contributed by atoms with Gasteiger partial charge in [0.1, 0.15) is 28.7 Å². The summed E-state index contributed by atoms with van der Waals surface area (Å²) in [5.74, 6) is 1.46. The van der Waals surface area contributed by atoms with Gasteiger partial charge in [-0.3, -0.25) is 4.79 Å². The van der Waals surface area contributed by atoms with Crippen molar-refractivity contribution in [1.29, 1.82) is 0 Å². The van der Waals surface area contributed by atoms with Gasteiger partial charge in [-0.25, -0.2) is 15.0 Å². The molecular weight excluding hydrogens is 382 g/mol. The summed E-state index contributed by atoms with van der Waals surface area (Å²) in [6.45, 7) is 0.801. The smallest absolute Gasteiger partial charge is 0.248 e. The van der Waals surface area contributed by atoms with Gasteiger partial charge in [-0.2, -0.15) is 0 Å². The Bertz CT molecular complexity index is 1090. The molecule has 0 saturated carbocycles. The molecule has 1 atom stereocenters. The van der Waals surface area contributed by atoms with Crippen molar-refractivity contribution in [3.05, 3.63) is 41.5 Å². The summed E-state index contributed by atoms with van der Waals surface area (Å²) in [5.41, 5.74) is 0.722. The van der Waals surface area contributed by atoms with Crippen molar-refractivity contribution in [2.45, 2.75) is 18.9 Å². The van der Waals surface area contributed by atoms with Crippen LogP contribution in [0.5, 0.6) is 0 Å². The second-order valence-electron chi connectivity index (χ2n) is 6.19. The number of carbonyl (C=O) groups excluding carboxylic acids is 1. The average Bonchev–Trinajstić information content (AvgIpc) is 3.47. The molecule has 27 heavy (non-hydrogen) atoms. The van der Waals surface area contributed by atoms with E-state index in [1.165, 1.54) is 11.3 Å². The van der Waals surface area contributed by atoms with Crippen LogP contribution in [-0.4, -0.2) is 33.4 Å². The molecule has 5 heterocycles. The monoisotopic (exact) mass is 397 g/mol. The predicted molar refractivity (Wildman–Crippen MR) is 106 cm³/mol. The van der Waals surface area contributed by atoms with E-state index < -0.39 is 0 Å². The highest BCUT2D eigenvalue weighted by molar-refractivity contribution is 7.16. The molecule has 0 bridgehead atoms. The Morgan fingerprint density at radius 1 is 1.30 bits per heavy atom. The first kappa shape index (κ1) is 16.4. The Morgan fingerprint density at radius 3 is 3.15 bits per heavy atom. The highest BCUT2D eigenvalue weighted by Crippen LogP contribution is 2.32. The molecule has 1 N–H and O–H groups in total. The van der Waals surface area contributed by atoms with Gasteiger partial charge in [-0.15, -0.1) is 22.7 Å². The van der Waals surface area contributed by atoms with Crippen LogP contribution in [0.4, 0.5) is 10.9 Å². The summed E-state index contributed by atoms with van der Waals surface area (Å²) < 4.78 is 5.36. The number of rotatable bonds is 4. The van der Waals surface area contributed by atoms with Gasteiger partial charge in [-0.05, 0) is 36.4 Å². The Morgan fingerprint density at radius 2 is 2.26 bits per heavy atom. The summed E-state index contributed by atoms with van der Waals surface area (Å²) in [7, 11) is 0. The Kier molecular flexibility index (Phi) is 4.10. The lowest BCUT2D eigenvalue weighted by molar-refractivity contribution is -0.117. The lowest BCUT2D eigenvalue weighted by Crippen LogP contribution is -2.40. The molecule has 1 aliphatic rings. The first-order valence-electron chi connectivity index (χ1n) is 8.55. The number of hydrogen-bond acceptors (Lipinski definition) is 8. The van der Waals surface area contributed by atoms with E-state index in [2.05, 4.69) is 25.2 Å². The molecule has 0 aliphatic carbocycles. The number of carbonyl (C=O) groups is 1. The standard InChI is InChI=1S/C18H15N5O2S2/c24-16(22-18-21-12(9-27-18)14-4-2-7-25-14)13-3-1-6-23(13)15-11-5-8-26-17(11)20-10-19-15/h2,4-5,7-10,13H,1,3,6H2,(H,21,22,24). The minimum Gasteiger partial charge on any atom is -0.463 e. The number of aromatic nitrogens is 3. The van der Waals surface area contributed by atoms with E-state index in [0.29, 0.717) is 10.9 Å². The van der Waals surface area contributed by atoms with Crippen LogP contribution in [0.25, 0.3) is 21.7 Å². The number of fused-ring (bicyclic) bond motifs is 1. The zero-order valence-corrected chi connectivity index (χ0v) is 15.8. The number of nitrogens with zero attached hydrogens (tertiary/aromatic N) is 4. The minimum atomic E-state index is -0.265. The molecule has 0 spiro atoms. The summed E-state index contributed by atoms with van der Waals surface area (Å²) in [5, 5.41) is 8.39. The van der Waals surface area contributed by atoms with Crippen LogP contribution >= 0.6 is 22.7 Å². The third-order valence-electron chi connectivity index (χ3n) is 4.58. The average molecular weight is 397 g/mol. The maximum Gasteiger partial charge on any atom is 0.248 e. The molecule has 1 fully saturated rings. The first-order valence-corrected chi connectivity index (χ1v) is 10.3. The number of hydrogen-bond donors (Lipinski definition) is 1. The second-order valence-corrected chi connectivity index (χ2v) is 7.95. The molecule has 136 valence electrons. The molecular formula is C18H15N5O2S2. The molecule has 5 rings (SSSR count). The predicted octanol–water partition coefficient (Wildman–Crippen LogP) is 4.02. The number of thiazole rings is 1. The summed E-state index contributed by atoms with van der Waals surface area (Å²) in [6, 6.07) is 5.41. The van der Waals surface area contributed by atoms with Crippen molar-refractivity contribution in [3.63, 3.8) is 0 Å².